The highest BCUT2D eigenvalue weighted by Gasteiger charge is 2.15. The molecule has 1 heterocycles. The van der Waals surface area contributed by atoms with Crippen LogP contribution >= 0.6 is 0 Å². The zero-order valence-electron chi connectivity index (χ0n) is 17.7. The number of ether oxygens (including phenoxy) is 3. The zero-order chi connectivity index (χ0) is 21.7. The lowest BCUT2D eigenvalue weighted by atomic mass is 10.0. The van der Waals surface area contributed by atoms with Crippen LogP contribution in [-0.2, 0) is 11.3 Å². The van der Waals surface area contributed by atoms with E-state index in [1.165, 1.54) is 6.07 Å². The van der Waals surface area contributed by atoms with Crippen molar-refractivity contribution in [2.45, 2.75) is 40.7 Å². The number of aryl methyl sites for hydroxylation is 2. The highest BCUT2D eigenvalue weighted by molar-refractivity contribution is 5.90. The first-order valence-corrected chi connectivity index (χ1v) is 10.0. The molecule has 0 aliphatic heterocycles. The molecule has 0 fully saturated rings. The summed E-state index contributed by atoms with van der Waals surface area (Å²) in [6, 6.07) is 10.1. The van der Waals surface area contributed by atoms with Crippen LogP contribution in [0.3, 0.4) is 0 Å². The van der Waals surface area contributed by atoms with Gasteiger partial charge in [-0.25, -0.2) is 9.59 Å². The van der Waals surface area contributed by atoms with Gasteiger partial charge in [0.25, 0.3) is 0 Å². The number of hydrogen-bond acceptors (Lipinski definition) is 6. The second-order valence-electron chi connectivity index (χ2n) is 7.04. The average Bonchev–Trinajstić information content (AvgIpc) is 2.72. The van der Waals surface area contributed by atoms with Crippen molar-refractivity contribution in [3.63, 3.8) is 0 Å². The lowest BCUT2D eigenvalue weighted by molar-refractivity contribution is 0.0473. The fraction of sp³-hybridized carbons (Fsp3) is 0.333. The summed E-state index contributed by atoms with van der Waals surface area (Å²) in [6.45, 7) is 8.78. The Morgan fingerprint density at radius 3 is 2.47 bits per heavy atom. The summed E-state index contributed by atoms with van der Waals surface area (Å²) in [5.74, 6) is 0.577. The summed E-state index contributed by atoms with van der Waals surface area (Å²) >= 11 is 0. The summed E-state index contributed by atoms with van der Waals surface area (Å²) in [7, 11) is 0. The fourth-order valence-corrected chi connectivity index (χ4v) is 3.06. The Balaban J connectivity index is 1.82. The molecule has 1 aromatic heterocycles. The standard InChI is InChI=1S/C24H26O6/c1-5-9-28-20-8-7-17(12-22(20)27-6-2)24(26)29-14-18-13-23(25)30-21-11-16(4)15(3)10-19(18)21/h7-8,10-13H,5-6,9,14H2,1-4H3. The normalized spacial score (nSPS) is 10.8. The minimum Gasteiger partial charge on any atom is -0.490 e. The van der Waals surface area contributed by atoms with Gasteiger partial charge < -0.3 is 18.6 Å². The van der Waals surface area contributed by atoms with E-state index in [0.29, 0.717) is 41.4 Å². The van der Waals surface area contributed by atoms with Gasteiger partial charge in [-0.05, 0) is 68.7 Å². The lowest BCUT2D eigenvalue weighted by Crippen LogP contribution is -2.09. The third-order valence-electron chi connectivity index (χ3n) is 4.74. The quantitative estimate of drug-likeness (QED) is 0.386. The summed E-state index contributed by atoms with van der Waals surface area (Å²) in [6.07, 6.45) is 0.868. The van der Waals surface area contributed by atoms with Gasteiger partial charge in [0, 0.05) is 17.0 Å². The highest BCUT2D eigenvalue weighted by atomic mass is 16.5. The van der Waals surface area contributed by atoms with Crippen molar-refractivity contribution in [3.05, 3.63) is 69.1 Å². The molecule has 0 aliphatic carbocycles. The van der Waals surface area contributed by atoms with Crippen LogP contribution in [0.1, 0.15) is 47.3 Å². The summed E-state index contributed by atoms with van der Waals surface area (Å²) < 4.78 is 22.0. The first-order chi connectivity index (χ1) is 14.4. The summed E-state index contributed by atoms with van der Waals surface area (Å²) in [4.78, 5) is 24.5. The molecule has 0 spiro atoms. The number of esters is 1. The average molecular weight is 410 g/mol. The highest BCUT2D eigenvalue weighted by Crippen LogP contribution is 2.29. The second-order valence-corrected chi connectivity index (χ2v) is 7.04. The Morgan fingerprint density at radius 1 is 0.967 bits per heavy atom. The van der Waals surface area contributed by atoms with Crippen molar-refractivity contribution in [2.24, 2.45) is 0 Å². The predicted molar refractivity (Wildman–Crippen MR) is 114 cm³/mol. The minimum atomic E-state index is -0.511. The van der Waals surface area contributed by atoms with Gasteiger partial charge in [-0.1, -0.05) is 6.92 Å². The molecule has 0 atom stereocenters. The topological polar surface area (TPSA) is 75.0 Å². The van der Waals surface area contributed by atoms with Gasteiger partial charge in [0.2, 0.25) is 0 Å². The first kappa shape index (κ1) is 21.4. The molecule has 2 aromatic carbocycles. The number of hydrogen-bond donors (Lipinski definition) is 0. The van der Waals surface area contributed by atoms with E-state index in [1.54, 1.807) is 18.2 Å². The third-order valence-corrected chi connectivity index (χ3v) is 4.74. The van der Waals surface area contributed by atoms with E-state index in [4.69, 9.17) is 18.6 Å². The van der Waals surface area contributed by atoms with Crippen LogP contribution in [0, 0.1) is 13.8 Å². The van der Waals surface area contributed by atoms with Gasteiger partial charge in [-0.3, -0.25) is 0 Å². The van der Waals surface area contributed by atoms with Gasteiger partial charge in [0.1, 0.15) is 12.2 Å². The van der Waals surface area contributed by atoms with Gasteiger partial charge in [0.05, 0.1) is 18.8 Å². The van der Waals surface area contributed by atoms with Crippen LogP contribution in [0.4, 0.5) is 0 Å². The molecule has 0 aliphatic rings. The van der Waals surface area contributed by atoms with Gasteiger partial charge >= 0.3 is 11.6 Å². The van der Waals surface area contributed by atoms with E-state index in [0.717, 1.165) is 22.9 Å². The van der Waals surface area contributed by atoms with Crippen LogP contribution in [0.2, 0.25) is 0 Å². The molecule has 0 radical (unpaired) electrons. The summed E-state index contributed by atoms with van der Waals surface area (Å²) in [5.41, 5.74) is 3.04. The van der Waals surface area contributed by atoms with Gasteiger partial charge in [-0.15, -0.1) is 0 Å². The molecule has 0 unspecified atom stereocenters. The Hall–Kier alpha value is -3.28. The molecular formula is C24H26O6. The largest absolute Gasteiger partial charge is 0.490 e. The van der Waals surface area contributed by atoms with Crippen molar-refractivity contribution in [1.82, 2.24) is 0 Å². The molecule has 0 saturated carbocycles. The lowest BCUT2D eigenvalue weighted by Gasteiger charge is -2.13. The minimum absolute atomic E-state index is 0.0402. The van der Waals surface area contributed by atoms with Crippen molar-refractivity contribution in [2.75, 3.05) is 13.2 Å². The van der Waals surface area contributed by atoms with E-state index in [1.807, 2.05) is 39.8 Å². The first-order valence-electron chi connectivity index (χ1n) is 10.0. The second kappa shape index (κ2) is 9.48. The van der Waals surface area contributed by atoms with E-state index >= 15 is 0 Å². The molecule has 0 saturated heterocycles. The number of carbonyl (C=O) groups excluding carboxylic acids is 1. The Labute approximate surface area is 175 Å². The van der Waals surface area contributed by atoms with Crippen molar-refractivity contribution in [3.8, 4) is 11.5 Å². The van der Waals surface area contributed by atoms with Crippen LogP contribution in [0.15, 0.2) is 45.6 Å². The number of carbonyl (C=O) groups is 1. The maximum absolute atomic E-state index is 12.6. The smallest absolute Gasteiger partial charge is 0.338 e. The van der Waals surface area contributed by atoms with Crippen LogP contribution in [0.5, 0.6) is 11.5 Å². The molecule has 6 nitrogen and oxygen atoms in total. The van der Waals surface area contributed by atoms with Gasteiger partial charge in [-0.2, -0.15) is 0 Å². The maximum Gasteiger partial charge on any atom is 0.338 e. The van der Waals surface area contributed by atoms with Gasteiger partial charge in [0.15, 0.2) is 11.5 Å². The van der Waals surface area contributed by atoms with E-state index < -0.39 is 11.6 Å². The molecule has 30 heavy (non-hydrogen) atoms. The van der Waals surface area contributed by atoms with Crippen molar-refractivity contribution >= 4 is 16.9 Å². The van der Waals surface area contributed by atoms with E-state index in [2.05, 4.69) is 0 Å². The van der Waals surface area contributed by atoms with Crippen LogP contribution in [-0.4, -0.2) is 19.2 Å². The molecule has 0 bridgehead atoms. The third kappa shape index (κ3) is 4.82. The molecule has 6 heteroatoms. The number of rotatable bonds is 8. The monoisotopic (exact) mass is 410 g/mol. The molecular weight excluding hydrogens is 384 g/mol. The van der Waals surface area contributed by atoms with Crippen LogP contribution < -0.4 is 15.1 Å². The van der Waals surface area contributed by atoms with Crippen LogP contribution in [0.25, 0.3) is 11.0 Å². The van der Waals surface area contributed by atoms with E-state index in [9.17, 15) is 9.59 Å². The molecule has 0 amide bonds. The zero-order valence-corrected chi connectivity index (χ0v) is 17.7. The Bertz CT molecular complexity index is 1110. The molecule has 158 valence electrons. The molecule has 0 N–H and O–H groups in total. The fourth-order valence-electron chi connectivity index (χ4n) is 3.06. The predicted octanol–water partition coefficient (Wildman–Crippen LogP) is 4.95. The molecule has 3 aromatic rings. The number of fused-ring (bicyclic) bond motifs is 1. The summed E-state index contributed by atoms with van der Waals surface area (Å²) in [5, 5.41) is 0.754. The Morgan fingerprint density at radius 2 is 1.73 bits per heavy atom. The molecule has 3 rings (SSSR count). The van der Waals surface area contributed by atoms with E-state index in [-0.39, 0.29) is 6.61 Å². The number of benzene rings is 2. The Kier molecular flexibility index (Phi) is 6.77. The van der Waals surface area contributed by atoms with Crippen molar-refractivity contribution in [1.29, 1.82) is 0 Å². The maximum atomic E-state index is 12.6. The van der Waals surface area contributed by atoms with Crippen molar-refractivity contribution < 1.29 is 23.4 Å². The SMILES string of the molecule is CCCOc1ccc(C(=O)OCc2cc(=O)oc3cc(C)c(C)cc23)cc1OCC.